The first-order valence-electron chi connectivity index (χ1n) is 5.96. The summed E-state index contributed by atoms with van der Waals surface area (Å²) in [6.45, 7) is 8.65. The zero-order valence-electron chi connectivity index (χ0n) is 11.0. The molecule has 1 amide bonds. The highest BCUT2D eigenvalue weighted by Crippen LogP contribution is 2.12. The van der Waals surface area contributed by atoms with Crippen molar-refractivity contribution < 1.29 is 4.79 Å². The number of aryl methyl sites for hydroxylation is 2. The van der Waals surface area contributed by atoms with Crippen molar-refractivity contribution in [2.45, 2.75) is 40.2 Å². The van der Waals surface area contributed by atoms with Crippen LogP contribution < -0.4 is 10.6 Å². The number of carbonyl (C=O) groups excluding carboxylic acids is 1. The van der Waals surface area contributed by atoms with Crippen LogP contribution in [0.5, 0.6) is 0 Å². The molecule has 0 bridgehead atoms. The second-order valence-electron chi connectivity index (χ2n) is 4.49. The van der Waals surface area contributed by atoms with Gasteiger partial charge in [0.25, 0.3) is 0 Å². The van der Waals surface area contributed by atoms with Crippen molar-refractivity contribution >= 4 is 11.6 Å². The number of hydrogen-bond acceptors (Lipinski definition) is 3. The van der Waals surface area contributed by atoms with Crippen LogP contribution in [-0.2, 0) is 4.79 Å². The lowest BCUT2D eigenvalue weighted by atomic mass is 10.2. The lowest BCUT2D eigenvalue weighted by molar-refractivity contribution is -0.116. The van der Waals surface area contributed by atoms with E-state index in [-0.39, 0.29) is 5.91 Å². The first-order chi connectivity index (χ1) is 7.99. The van der Waals surface area contributed by atoms with Crippen LogP contribution in [0.4, 0.5) is 5.69 Å². The summed E-state index contributed by atoms with van der Waals surface area (Å²) in [5.74, 6) is 0.0203. The Balaban J connectivity index is 2.45. The Labute approximate surface area is 103 Å². The molecule has 1 aromatic heterocycles. The van der Waals surface area contributed by atoms with Gasteiger partial charge < -0.3 is 10.6 Å². The number of amides is 1. The predicted molar refractivity (Wildman–Crippen MR) is 70.1 cm³/mol. The number of pyridine rings is 1. The van der Waals surface area contributed by atoms with E-state index < -0.39 is 0 Å². The van der Waals surface area contributed by atoms with Crippen molar-refractivity contribution in [2.24, 2.45) is 0 Å². The van der Waals surface area contributed by atoms with Gasteiger partial charge in [-0.1, -0.05) is 13.8 Å². The van der Waals surface area contributed by atoms with Gasteiger partial charge in [0.2, 0.25) is 5.91 Å². The van der Waals surface area contributed by atoms with Crippen LogP contribution in [0.25, 0.3) is 0 Å². The molecule has 0 aliphatic rings. The highest BCUT2D eigenvalue weighted by molar-refractivity contribution is 5.91. The topological polar surface area (TPSA) is 54.0 Å². The van der Waals surface area contributed by atoms with Gasteiger partial charge in [-0.15, -0.1) is 0 Å². The Morgan fingerprint density at radius 1 is 1.35 bits per heavy atom. The number of anilines is 1. The number of aromatic nitrogens is 1. The van der Waals surface area contributed by atoms with Crippen molar-refractivity contribution in [2.75, 3.05) is 11.9 Å². The maximum atomic E-state index is 11.7. The molecule has 0 spiro atoms. The van der Waals surface area contributed by atoms with E-state index in [1.54, 1.807) is 0 Å². The molecule has 94 valence electrons. The van der Waals surface area contributed by atoms with E-state index in [0.717, 1.165) is 17.1 Å². The lowest BCUT2D eigenvalue weighted by Crippen LogP contribution is -2.27. The minimum Gasteiger partial charge on any atom is -0.324 e. The Morgan fingerprint density at radius 3 is 2.65 bits per heavy atom. The molecule has 0 saturated heterocycles. The summed E-state index contributed by atoms with van der Waals surface area (Å²) >= 11 is 0. The van der Waals surface area contributed by atoms with Gasteiger partial charge in [0.15, 0.2) is 0 Å². The molecule has 4 heteroatoms. The summed E-state index contributed by atoms with van der Waals surface area (Å²) in [6.07, 6.45) is 0.478. The Kier molecular flexibility index (Phi) is 5.10. The average molecular weight is 235 g/mol. The number of carbonyl (C=O) groups is 1. The highest BCUT2D eigenvalue weighted by atomic mass is 16.1. The lowest BCUT2D eigenvalue weighted by Gasteiger charge is -2.10. The smallest absolute Gasteiger partial charge is 0.225 e. The van der Waals surface area contributed by atoms with E-state index in [0.29, 0.717) is 19.0 Å². The molecule has 1 rings (SSSR count). The second kappa shape index (κ2) is 6.35. The summed E-state index contributed by atoms with van der Waals surface area (Å²) in [5, 5.41) is 6.08. The number of nitrogens with one attached hydrogen (secondary N) is 2. The second-order valence-corrected chi connectivity index (χ2v) is 4.49. The van der Waals surface area contributed by atoms with E-state index in [9.17, 15) is 4.79 Å². The molecule has 1 heterocycles. The predicted octanol–water partition coefficient (Wildman–Crippen LogP) is 2.03. The summed E-state index contributed by atoms with van der Waals surface area (Å²) in [6, 6.07) is 4.20. The fourth-order valence-electron chi connectivity index (χ4n) is 1.51. The monoisotopic (exact) mass is 235 g/mol. The number of hydrogen-bond donors (Lipinski definition) is 2. The molecule has 1 aromatic rings. The van der Waals surface area contributed by atoms with Gasteiger partial charge in [-0.25, -0.2) is 0 Å². The SMILES string of the molecule is Cc1ccc(NC(=O)CCNC(C)C)c(C)n1. The molecular weight excluding hydrogens is 214 g/mol. The first-order valence-corrected chi connectivity index (χ1v) is 5.96. The van der Waals surface area contributed by atoms with Crippen LogP contribution in [0.3, 0.4) is 0 Å². The van der Waals surface area contributed by atoms with Crippen LogP contribution in [-0.4, -0.2) is 23.5 Å². The van der Waals surface area contributed by atoms with Crippen molar-refractivity contribution in [3.8, 4) is 0 Å². The number of rotatable bonds is 5. The normalized spacial score (nSPS) is 10.6. The molecular formula is C13H21N3O. The largest absolute Gasteiger partial charge is 0.324 e. The Bertz CT molecular complexity index is 388. The van der Waals surface area contributed by atoms with E-state index in [4.69, 9.17) is 0 Å². The van der Waals surface area contributed by atoms with Crippen molar-refractivity contribution in [3.63, 3.8) is 0 Å². The van der Waals surface area contributed by atoms with Gasteiger partial charge >= 0.3 is 0 Å². The Hall–Kier alpha value is -1.42. The number of nitrogens with zero attached hydrogens (tertiary/aromatic N) is 1. The highest BCUT2D eigenvalue weighted by Gasteiger charge is 2.05. The molecule has 0 fully saturated rings. The van der Waals surface area contributed by atoms with Crippen molar-refractivity contribution in [1.29, 1.82) is 0 Å². The minimum absolute atomic E-state index is 0.0203. The zero-order chi connectivity index (χ0) is 12.8. The molecule has 0 saturated carbocycles. The van der Waals surface area contributed by atoms with Crippen LogP contribution in [0.2, 0.25) is 0 Å². The van der Waals surface area contributed by atoms with Gasteiger partial charge in [-0.3, -0.25) is 9.78 Å². The van der Waals surface area contributed by atoms with Gasteiger partial charge in [0.05, 0.1) is 11.4 Å². The van der Waals surface area contributed by atoms with Gasteiger partial charge in [-0.2, -0.15) is 0 Å². The molecule has 0 radical (unpaired) electrons. The van der Waals surface area contributed by atoms with E-state index in [1.165, 1.54) is 0 Å². The third kappa shape index (κ3) is 4.95. The average Bonchev–Trinajstić information content (AvgIpc) is 2.21. The van der Waals surface area contributed by atoms with E-state index >= 15 is 0 Å². The first kappa shape index (κ1) is 13.6. The van der Waals surface area contributed by atoms with Crippen LogP contribution in [0.1, 0.15) is 31.7 Å². The fraction of sp³-hybridized carbons (Fsp3) is 0.538. The van der Waals surface area contributed by atoms with Crippen LogP contribution in [0.15, 0.2) is 12.1 Å². The van der Waals surface area contributed by atoms with Crippen LogP contribution >= 0.6 is 0 Å². The van der Waals surface area contributed by atoms with Gasteiger partial charge in [-0.05, 0) is 26.0 Å². The quantitative estimate of drug-likeness (QED) is 0.821. The zero-order valence-corrected chi connectivity index (χ0v) is 11.0. The molecule has 2 N–H and O–H groups in total. The maximum absolute atomic E-state index is 11.7. The standard InChI is InChI=1S/C13H21N3O/c1-9(2)14-8-7-13(17)16-12-6-5-10(3)15-11(12)4/h5-6,9,14H,7-8H2,1-4H3,(H,16,17). The Morgan fingerprint density at radius 2 is 2.06 bits per heavy atom. The molecule has 17 heavy (non-hydrogen) atoms. The third-order valence-corrected chi connectivity index (χ3v) is 2.40. The molecule has 0 aromatic carbocycles. The summed E-state index contributed by atoms with van der Waals surface area (Å²) in [5.41, 5.74) is 2.61. The third-order valence-electron chi connectivity index (χ3n) is 2.40. The fourth-order valence-corrected chi connectivity index (χ4v) is 1.51. The van der Waals surface area contributed by atoms with E-state index in [2.05, 4.69) is 29.5 Å². The van der Waals surface area contributed by atoms with Crippen LogP contribution in [0, 0.1) is 13.8 Å². The molecule has 0 unspecified atom stereocenters. The van der Waals surface area contributed by atoms with Gasteiger partial charge in [0, 0.05) is 24.7 Å². The van der Waals surface area contributed by atoms with Crippen molar-refractivity contribution in [3.05, 3.63) is 23.5 Å². The minimum atomic E-state index is 0.0203. The maximum Gasteiger partial charge on any atom is 0.225 e. The molecule has 0 aliphatic carbocycles. The summed E-state index contributed by atoms with van der Waals surface area (Å²) in [4.78, 5) is 16.0. The summed E-state index contributed by atoms with van der Waals surface area (Å²) in [7, 11) is 0. The van der Waals surface area contributed by atoms with Crippen molar-refractivity contribution in [1.82, 2.24) is 10.3 Å². The molecule has 4 nitrogen and oxygen atoms in total. The molecule has 0 aliphatic heterocycles. The van der Waals surface area contributed by atoms with Gasteiger partial charge in [0.1, 0.15) is 0 Å². The summed E-state index contributed by atoms with van der Waals surface area (Å²) < 4.78 is 0. The molecule has 0 atom stereocenters. The van der Waals surface area contributed by atoms with E-state index in [1.807, 2.05) is 26.0 Å².